The lowest BCUT2D eigenvalue weighted by Crippen LogP contribution is -2.11. The maximum Gasteiger partial charge on any atom is 0.0794 e. The molecule has 2 aromatic heterocycles. The second-order valence-electron chi connectivity index (χ2n) is 3.99. The number of nitrogens with one attached hydrogen (secondary N) is 1. The minimum Gasteiger partial charge on any atom is -0.308 e. The molecule has 0 saturated heterocycles. The highest BCUT2D eigenvalue weighted by Crippen LogP contribution is 2.07. The first kappa shape index (κ1) is 11.3. The summed E-state index contributed by atoms with van der Waals surface area (Å²) in [6.45, 7) is 5.98. The first-order valence-electron chi connectivity index (χ1n) is 5.37. The SMILES string of the molecule is CC(C)n1cc(CNCc2cncs2)cn1. The summed E-state index contributed by atoms with van der Waals surface area (Å²) in [6.07, 6.45) is 5.90. The molecule has 0 aromatic carbocycles. The van der Waals surface area contributed by atoms with Gasteiger partial charge < -0.3 is 5.32 Å². The summed E-state index contributed by atoms with van der Waals surface area (Å²) >= 11 is 1.67. The van der Waals surface area contributed by atoms with Gasteiger partial charge in [0.25, 0.3) is 0 Å². The van der Waals surface area contributed by atoms with Crippen LogP contribution in [0.15, 0.2) is 24.1 Å². The van der Waals surface area contributed by atoms with E-state index >= 15 is 0 Å². The zero-order chi connectivity index (χ0) is 11.4. The third-order valence-corrected chi connectivity index (χ3v) is 3.08. The molecule has 0 aliphatic heterocycles. The molecule has 5 heteroatoms. The summed E-state index contributed by atoms with van der Waals surface area (Å²) in [5.41, 5.74) is 3.08. The molecule has 0 unspecified atom stereocenters. The zero-order valence-corrected chi connectivity index (χ0v) is 10.4. The topological polar surface area (TPSA) is 42.7 Å². The van der Waals surface area contributed by atoms with Crippen molar-refractivity contribution in [3.63, 3.8) is 0 Å². The molecule has 2 heterocycles. The van der Waals surface area contributed by atoms with Crippen LogP contribution in [-0.4, -0.2) is 14.8 Å². The minimum atomic E-state index is 0.426. The Bertz CT molecular complexity index is 419. The molecular weight excluding hydrogens is 220 g/mol. The van der Waals surface area contributed by atoms with E-state index in [1.807, 2.05) is 22.6 Å². The van der Waals surface area contributed by atoms with Crippen molar-refractivity contribution in [2.24, 2.45) is 0 Å². The fourth-order valence-electron chi connectivity index (χ4n) is 1.41. The van der Waals surface area contributed by atoms with Crippen LogP contribution < -0.4 is 5.32 Å². The van der Waals surface area contributed by atoms with E-state index in [2.05, 4.69) is 35.4 Å². The second kappa shape index (κ2) is 5.23. The lowest BCUT2D eigenvalue weighted by Gasteiger charge is -2.03. The largest absolute Gasteiger partial charge is 0.308 e. The van der Waals surface area contributed by atoms with Crippen LogP contribution in [-0.2, 0) is 13.1 Å². The molecule has 0 fully saturated rings. The van der Waals surface area contributed by atoms with Gasteiger partial charge in [-0.3, -0.25) is 9.67 Å². The van der Waals surface area contributed by atoms with Crippen molar-refractivity contribution in [1.82, 2.24) is 20.1 Å². The van der Waals surface area contributed by atoms with Crippen molar-refractivity contribution in [2.45, 2.75) is 33.0 Å². The minimum absolute atomic E-state index is 0.426. The van der Waals surface area contributed by atoms with Crippen LogP contribution in [0.2, 0.25) is 0 Å². The van der Waals surface area contributed by atoms with Gasteiger partial charge >= 0.3 is 0 Å². The predicted molar refractivity (Wildman–Crippen MR) is 65.3 cm³/mol. The average Bonchev–Trinajstić information content (AvgIpc) is 2.87. The van der Waals surface area contributed by atoms with Gasteiger partial charge in [0.05, 0.1) is 11.7 Å². The first-order chi connectivity index (χ1) is 7.75. The monoisotopic (exact) mass is 236 g/mol. The maximum atomic E-state index is 4.30. The summed E-state index contributed by atoms with van der Waals surface area (Å²) in [5.74, 6) is 0. The molecule has 86 valence electrons. The van der Waals surface area contributed by atoms with Crippen molar-refractivity contribution >= 4 is 11.3 Å². The summed E-state index contributed by atoms with van der Waals surface area (Å²) in [7, 11) is 0. The molecule has 0 aliphatic carbocycles. The van der Waals surface area contributed by atoms with Crippen LogP contribution in [0.1, 0.15) is 30.3 Å². The molecule has 0 aliphatic rings. The Morgan fingerprint density at radius 1 is 1.38 bits per heavy atom. The van der Waals surface area contributed by atoms with Crippen molar-refractivity contribution in [3.8, 4) is 0 Å². The second-order valence-corrected chi connectivity index (χ2v) is 4.96. The molecular formula is C11H16N4S. The molecule has 0 spiro atoms. The van der Waals surface area contributed by atoms with Crippen molar-refractivity contribution in [1.29, 1.82) is 0 Å². The van der Waals surface area contributed by atoms with Gasteiger partial charge in [0, 0.05) is 42.0 Å². The van der Waals surface area contributed by atoms with E-state index in [0.717, 1.165) is 13.1 Å². The smallest absolute Gasteiger partial charge is 0.0794 e. The summed E-state index contributed by atoms with van der Waals surface area (Å²) < 4.78 is 1.98. The van der Waals surface area contributed by atoms with Gasteiger partial charge in [-0.15, -0.1) is 11.3 Å². The summed E-state index contributed by atoms with van der Waals surface area (Å²) in [4.78, 5) is 5.30. The van der Waals surface area contributed by atoms with Gasteiger partial charge in [-0.1, -0.05) is 0 Å². The number of rotatable bonds is 5. The van der Waals surface area contributed by atoms with Gasteiger partial charge in [-0.05, 0) is 13.8 Å². The van der Waals surface area contributed by atoms with Crippen LogP contribution in [0, 0.1) is 0 Å². The standard InChI is InChI=1S/C11H16N4S/c1-9(2)15-7-10(4-14-15)3-12-5-11-6-13-8-16-11/h4,6-9,12H,3,5H2,1-2H3. The summed E-state index contributed by atoms with van der Waals surface area (Å²) in [5, 5.41) is 7.67. The molecule has 0 radical (unpaired) electrons. The van der Waals surface area contributed by atoms with Crippen LogP contribution in [0.25, 0.3) is 0 Å². The normalized spacial score (nSPS) is 11.2. The average molecular weight is 236 g/mol. The van der Waals surface area contributed by atoms with E-state index in [1.54, 1.807) is 11.3 Å². The van der Waals surface area contributed by atoms with E-state index in [-0.39, 0.29) is 0 Å². The van der Waals surface area contributed by atoms with Crippen LogP contribution in [0.4, 0.5) is 0 Å². The molecule has 16 heavy (non-hydrogen) atoms. The maximum absolute atomic E-state index is 4.30. The lowest BCUT2D eigenvalue weighted by molar-refractivity contribution is 0.531. The lowest BCUT2D eigenvalue weighted by atomic mass is 10.3. The van der Waals surface area contributed by atoms with Crippen molar-refractivity contribution in [3.05, 3.63) is 34.5 Å². The molecule has 0 saturated carbocycles. The van der Waals surface area contributed by atoms with Gasteiger partial charge in [0.15, 0.2) is 0 Å². The third kappa shape index (κ3) is 2.90. The number of hydrogen-bond donors (Lipinski definition) is 1. The van der Waals surface area contributed by atoms with Crippen LogP contribution >= 0.6 is 11.3 Å². The van der Waals surface area contributed by atoms with Gasteiger partial charge in [-0.2, -0.15) is 5.10 Å². The van der Waals surface area contributed by atoms with Gasteiger partial charge in [-0.25, -0.2) is 0 Å². The van der Waals surface area contributed by atoms with Crippen LogP contribution in [0.3, 0.4) is 0 Å². The highest BCUT2D eigenvalue weighted by Gasteiger charge is 2.01. The van der Waals surface area contributed by atoms with E-state index in [0.29, 0.717) is 6.04 Å². The van der Waals surface area contributed by atoms with E-state index in [4.69, 9.17) is 0 Å². The van der Waals surface area contributed by atoms with E-state index in [9.17, 15) is 0 Å². The zero-order valence-electron chi connectivity index (χ0n) is 9.55. The quantitative estimate of drug-likeness (QED) is 0.865. The Balaban J connectivity index is 1.81. The Morgan fingerprint density at radius 3 is 2.88 bits per heavy atom. The number of aromatic nitrogens is 3. The Kier molecular flexibility index (Phi) is 3.69. The number of hydrogen-bond acceptors (Lipinski definition) is 4. The Labute approximate surface area is 99.3 Å². The van der Waals surface area contributed by atoms with Crippen LogP contribution in [0.5, 0.6) is 0 Å². The van der Waals surface area contributed by atoms with Crippen molar-refractivity contribution in [2.75, 3.05) is 0 Å². The van der Waals surface area contributed by atoms with Gasteiger partial charge in [0.1, 0.15) is 0 Å². The third-order valence-electron chi connectivity index (χ3n) is 2.30. The fraction of sp³-hybridized carbons (Fsp3) is 0.455. The molecule has 2 aromatic rings. The van der Waals surface area contributed by atoms with Gasteiger partial charge in [0.2, 0.25) is 0 Å². The molecule has 0 amide bonds. The number of nitrogens with zero attached hydrogens (tertiary/aromatic N) is 3. The Hall–Kier alpha value is -1.20. The molecule has 4 nitrogen and oxygen atoms in total. The fourth-order valence-corrected chi connectivity index (χ4v) is 1.97. The molecule has 1 N–H and O–H groups in total. The first-order valence-corrected chi connectivity index (χ1v) is 6.25. The van der Waals surface area contributed by atoms with E-state index in [1.165, 1.54) is 10.4 Å². The van der Waals surface area contributed by atoms with E-state index < -0.39 is 0 Å². The molecule has 2 rings (SSSR count). The predicted octanol–water partition coefficient (Wildman–Crippen LogP) is 2.21. The highest BCUT2D eigenvalue weighted by molar-refractivity contribution is 7.09. The highest BCUT2D eigenvalue weighted by atomic mass is 32.1. The van der Waals surface area contributed by atoms with Crippen molar-refractivity contribution < 1.29 is 0 Å². The Morgan fingerprint density at radius 2 is 2.25 bits per heavy atom. The summed E-state index contributed by atoms with van der Waals surface area (Å²) in [6, 6.07) is 0.426. The molecule has 0 atom stereocenters. The molecule has 0 bridgehead atoms. The number of thiazole rings is 1.